The van der Waals surface area contributed by atoms with Crippen LogP contribution in [0.2, 0.25) is 5.02 Å². The quantitative estimate of drug-likeness (QED) is 0.806. The first-order chi connectivity index (χ1) is 6.59. The zero-order valence-electron chi connectivity index (χ0n) is 8.73. The Morgan fingerprint density at radius 2 is 2.14 bits per heavy atom. The fourth-order valence-corrected chi connectivity index (χ4v) is 1.76. The van der Waals surface area contributed by atoms with Gasteiger partial charge in [0.2, 0.25) is 0 Å². The van der Waals surface area contributed by atoms with Crippen LogP contribution in [0.25, 0.3) is 0 Å². The molecule has 1 saturated carbocycles. The van der Waals surface area contributed by atoms with E-state index in [2.05, 4.69) is 25.2 Å². The smallest absolute Gasteiger partial charge is 0.0408 e. The highest BCUT2D eigenvalue weighted by atomic mass is 35.5. The maximum absolute atomic E-state index is 5.90. The molecule has 0 amide bonds. The summed E-state index contributed by atoms with van der Waals surface area (Å²) >= 11 is 5.90. The van der Waals surface area contributed by atoms with E-state index in [4.69, 9.17) is 11.6 Å². The van der Waals surface area contributed by atoms with E-state index in [1.165, 1.54) is 24.0 Å². The van der Waals surface area contributed by atoms with Crippen LogP contribution >= 0.6 is 11.6 Å². The number of benzene rings is 1. The van der Waals surface area contributed by atoms with E-state index in [-0.39, 0.29) is 0 Å². The van der Waals surface area contributed by atoms with E-state index in [0.717, 1.165) is 11.6 Å². The van der Waals surface area contributed by atoms with Gasteiger partial charge in [-0.25, -0.2) is 0 Å². The first kappa shape index (κ1) is 10.0. The third-order valence-corrected chi connectivity index (χ3v) is 3.25. The maximum Gasteiger partial charge on any atom is 0.0408 e. The first-order valence-electron chi connectivity index (χ1n) is 5.09. The van der Waals surface area contributed by atoms with E-state index in [1.54, 1.807) is 0 Å². The van der Waals surface area contributed by atoms with Crippen LogP contribution < -0.4 is 5.32 Å². The SMILES string of the molecule is Cc1cc(Cl)ccc1CNC1(C)CC1. The van der Waals surface area contributed by atoms with Crippen LogP contribution in [0.3, 0.4) is 0 Å². The van der Waals surface area contributed by atoms with Crippen LogP contribution in [0.4, 0.5) is 0 Å². The van der Waals surface area contributed by atoms with Gasteiger partial charge in [-0.05, 0) is 49.9 Å². The van der Waals surface area contributed by atoms with Crippen molar-refractivity contribution in [3.8, 4) is 0 Å². The van der Waals surface area contributed by atoms with Gasteiger partial charge in [0.05, 0.1) is 0 Å². The second kappa shape index (κ2) is 3.56. The van der Waals surface area contributed by atoms with Crippen molar-refractivity contribution in [3.05, 3.63) is 34.3 Å². The molecule has 1 aliphatic rings. The average Bonchev–Trinajstić information content (AvgIpc) is 2.83. The molecule has 0 saturated heterocycles. The molecule has 0 unspecified atom stereocenters. The normalized spacial score (nSPS) is 18.2. The number of hydrogen-bond acceptors (Lipinski definition) is 1. The van der Waals surface area contributed by atoms with Gasteiger partial charge in [-0.2, -0.15) is 0 Å². The molecule has 2 rings (SSSR count). The number of aryl methyl sites for hydroxylation is 1. The Kier molecular flexibility index (Phi) is 2.54. The molecule has 76 valence electrons. The molecule has 1 N–H and O–H groups in total. The van der Waals surface area contributed by atoms with Crippen molar-refractivity contribution in [1.29, 1.82) is 0 Å². The number of nitrogens with one attached hydrogen (secondary N) is 1. The van der Waals surface area contributed by atoms with Gasteiger partial charge >= 0.3 is 0 Å². The van der Waals surface area contributed by atoms with E-state index in [9.17, 15) is 0 Å². The second-order valence-electron chi connectivity index (χ2n) is 4.49. The minimum absolute atomic E-state index is 0.409. The van der Waals surface area contributed by atoms with Crippen molar-refractivity contribution in [2.45, 2.75) is 38.8 Å². The van der Waals surface area contributed by atoms with Crippen molar-refractivity contribution < 1.29 is 0 Å². The lowest BCUT2D eigenvalue weighted by molar-refractivity contribution is 0.537. The van der Waals surface area contributed by atoms with E-state index in [0.29, 0.717) is 5.54 Å². The Labute approximate surface area is 90.5 Å². The molecule has 1 nitrogen and oxygen atoms in total. The largest absolute Gasteiger partial charge is 0.307 e. The summed E-state index contributed by atoms with van der Waals surface area (Å²) in [5, 5.41) is 4.39. The van der Waals surface area contributed by atoms with Gasteiger partial charge in [-0.15, -0.1) is 0 Å². The number of hydrogen-bond donors (Lipinski definition) is 1. The Hall–Kier alpha value is -0.530. The summed E-state index contributed by atoms with van der Waals surface area (Å²) in [4.78, 5) is 0. The third-order valence-electron chi connectivity index (χ3n) is 3.01. The van der Waals surface area contributed by atoms with Gasteiger partial charge in [0.15, 0.2) is 0 Å². The van der Waals surface area contributed by atoms with Crippen molar-refractivity contribution in [2.24, 2.45) is 0 Å². The molecule has 1 aliphatic carbocycles. The van der Waals surface area contributed by atoms with Crippen LogP contribution in [0.5, 0.6) is 0 Å². The summed E-state index contributed by atoms with van der Waals surface area (Å²) in [7, 11) is 0. The molecule has 0 aliphatic heterocycles. The summed E-state index contributed by atoms with van der Waals surface area (Å²) in [6, 6.07) is 6.09. The van der Waals surface area contributed by atoms with Crippen molar-refractivity contribution in [3.63, 3.8) is 0 Å². The Morgan fingerprint density at radius 1 is 1.43 bits per heavy atom. The zero-order chi connectivity index (χ0) is 10.2. The van der Waals surface area contributed by atoms with Gasteiger partial charge in [-0.3, -0.25) is 0 Å². The molecule has 0 bridgehead atoms. The molecular weight excluding hydrogens is 194 g/mol. The summed E-state index contributed by atoms with van der Waals surface area (Å²) in [6.07, 6.45) is 2.61. The predicted octanol–water partition coefficient (Wildman–Crippen LogP) is 3.29. The molecule has 1 fully saturated rings. The second-order valence-corrected chi connectivity index (χ2v) is 4.92. The summed E-state index contributed by atoms with van der Waals surface area (Å²) in [6.45, 7) is 5.34. The molecule has 0 atom stereocenters. The summed E-state index contributed by atoms with van der Waals surface area (Å²) in [5.41, 5.74) is 3.03. The Morgan fingerprint density at radius 3 is 2.71 bits per heavy atom. The van der Waals surface area contributed by atoms with Crippen LogP contribution in [0.15, 0.2) is 18.2 Å². The van der Waals surface area contributed by atoms with Crippen LogP contribution in [0.1, 0.15) is 30.9 Å². The fraction of sp³-hybridized carbons (Fsp3) is 0.500. The predicted molar refractivity (Wildman–Crippen MR) is 60.7 cm³/mol. The highest BCUT2D eigenvalue weighted by Gasteiger charge is 2.36. The Balaban J connectivity index is 2.02. The summed E-state index contributed by atoms with van der Waals surface area (Å²) < 4.78 is 0. The standard InChI is InChI=1S/C12H16ClN/c1-9-7-11(13)4-3-10(9)8-14-12(2)5-6-12/h3-4,7,14H,5-6,8H2,1-2H3. The van der Waals surface area contributed by atoms with Crippen molar-refractivity contribution in [2.75, 3.05) is 0 Å². The average molecular weight is 210 g/mol. The van der Waals surface area contributed by atoms with Gasteiger partial charge < -0.3 is 5.32 Å². The molecule has 0 aromatic heterocycles. The van der Waals surface area contributed by atoms with Crippen molar-refractivity contribution >= 4 is 11.6 Å². The molecule has 1 aromatic carbocycles. The number of rotatable bonds is 3. The lowest BCUT2D eigenvalue weighted by atomic mass is 10.1. The molecule has 1 aromatic rings. The third kappa shape index (κ3) is 2.28. The van der Waals surface area contributed by atoms with Gasteiger partial charge in [0.25, 0.3) is 0 Å². The minimum atomic E-state index is 0.409. The minimum Gasteiger partial charge on any atom is -0.307 e. The highest BCUT2D eigenvalue weighted by molar-refractivity contribution is 6.30. The van der Waals surface area contributed by atoms with Crippen LogP contribution in [-0.2, 0) is 6.54 Å². The van der Waals surface area contributed by atoms with Crippen LogP contribution in [0, 0.1) is 6.92 Å². The topological polar surface area (TPSA) is 12.0 Å². The monoisotopic (exact) mass is 209 g/mol. The lowest BCUT2D eigenvalue weighted by Crippen LogP contribution is -2.27. The molecule has 2 heteroatoms. The van der Waals surface area contributed by atoms with Gasteiger partial charge in [0, 0.05) is 17.1 Å². The molecule has 14 heavy (non-hydrogen) atoms. The lowest BCUT2D eigenvalue weighted by Gasteiger charge is -2.12. The molecule has 0 radical (unpaired) electrons. The fourth-order valence-electron chi connectivity index (χ4n) is 1.53. The van der Waals surface area contributed by atoms with Gasteiger partial charge in [0.1, 0.15) is 0 Å². The highest BCUT2D eigenvalue weighted by Crippen LogP contribution is 2.34. The maximum atomic E-state index is 5.90. The molecule has 0 heterocycles. The molecule has 0 spiro atoms. The van der Waals surface area contributed by atoms with E-state index >= 15 is 0 Å². The summed E-state index contributed by atoms with van der Waals surface area (Å²) in [5.74, 6) is 0. The Bertz CT molecular complexity index is 342. The molecular formula is C12H16ClN. The van der Waals surface area contributed by atoms with E-state index < -0.39 is 0 Å². The van der Waals surface area contributed by atoms with Crippen molar-refractivity contribution in [1.82, 2.24) is 5.32 Å². The van der Waals surface area contributed by atoms with E-state index in [1.807, 2.05) is 12.1 Å². The zero-order valence-corrected chi connectivity index (χ0v) is 9.49. The number of halogens is 1. The van der Waals surface area contributed by atoms with Crippen LogP contribution in [-0.4, -0.2) is 5.54 Å². The van der Waals surface area contributed by atoms with Gasteiger partial charge in [-0.1, -0.05) is 17.7 Å². The first-order valence-corrected chi connectivity index (χ1v) is 5.47.